The molecule has 0 saturated carbocycles. The fourth-order valence-corrected chi connectivity index (χ4v) is 2.82. The van der Waals surface area contributed by atoms with Gasteiger partial charge < -0.3 is 14.8 Å². The van der Waals surface area contributed by atoms with E-state index in [4.69, 9.17) is 9.47 Å². The number of benzene rings is 2. The van der Waals surface area contributed by atoms with Gasteiger partial charge in [0.25, 0.3) is 5.91 Å². The first-order valence-corrected chi connectivity index (χ1v) is 9.53. The van der Waals surface area contributed by atoms with Crippen LogP contribution in [0.2, 0.25) is 0 Å². The molecule has 0 aliphatic rings. The van der Waals surface area contributed by atoms with Gasteiger partial charge in [0, 0.05) is 0 Å². The second-order valence-corrected chi connectivity index (χ2v) is 7.29. The second kappa shape index (κ2) is 9.45. The highest BCUT2D eigenvalue weighted by molar-refractivity contribution is 5.80. The summed E-state index contributed by atoms with van der Waals surface area (Å²) in [5.41, 5.74) is 4.54. The highest BCUT2D eigenvalue weighted by atomic mass is 16.5. The molecule has 0 aromatic heterocycles. The van der Waals surface area contributed by atoms with Crippen molar-refractivity contribution in [3.8, 4) is 11.5 Å². The summed E-state index contributed by atoms with van der Waals surface area (Å²) in [5.74, 6) is 1.83. The molecule has 1 unspecified atom stereocenters. The highest BCUT2D eigenvalue weighted by Crippen LogP contribution is 2.28. The topological polar surface area (TPSA) is 47.6 Å². The lowest BCUT2D eigenvalue weighted by Crippen LogP contribution is -2.38. The molecule has 0 aliphatic heterocycles. The first-order valence-electron chi connectivity index (χ1n) is 9.53. The van der Waals surface area contributed by atoms with Crippen molar-refractivity contribution in [3.05, 3.63) is 58.7 Å². The van der Waals surface area contributed by atoms with Crippen molar-refractivity contribution in [2.45, 2.75) is 53.6 Å². The monoisotopic (exact) mass is 369 g/mol. The quantitative estimate of drug-likeness (QED) is 0.686. The Balaban J connectivity index is 1.86. The Bertz CT molecular complexity index is 783. The number of carbonyl (C=O) groups excluding carboxylic acids is 1. The van der Waals surface area contributed by atoms with Crippen molar-refractivity contribution in [3.63, 3.8) is 0 Å². The number of amides is 1. The minimum atomic E-state index is -0.565. The van der Waals surface area contributed by atoms with E-state index in [2.05, 4.69) is 44.3 Å². The molecular weight excluding hydrogens is 338 g/mol. The zero-order valence-corrected chi connectivity index (χ0v) is 17.3. The van der Waals surface area contributed by atoms with Crippen LogP contribution >= 0.6 is 0 Å². The van der Waals surface area contributed by atoms with E-state index in [-0.39, 0.29) is 5.91 Å². The van der Waals surface area contributed by atoms with Crippen molar-refractivity contribution in [1.82, 2.24) is 5.32 Å². The summed E-state index contributed by atoms with van der Waals surface area (Å²) < 4.78 is 11.7. The largest absolute Gasteiger partial charge is 0.491 e. The lowest BCUT2D eigenvalue weighted by molar-refractivity contribution is -0.127. The molecule has 0 bridgehead atoms. The molecule has 0 aliphatic carbocycles. The fourth-order valence-electron chi connectivity index (χ4n) is 2.82. The fraction of sp³-hybridized carbons (Fsp3) is 0.435. The Morgan fingerprint density at radius 2 is 1.78 bits per heavy atom. The smallest absolute Gasteiger partial charge is 0.260 e. The van der Waals surface area contributed by atoms with Crippen molar-refractivity contribution < 1.29 is 14.3 Å². The van der Waals surface area contributed by atoms with Crippen molar-refractivity contribution >= 4 is 5.91 Å². The summed E-state index contributed by atoms with van der Waals surface area (Å²) in [5, 5.41) is 2.88. The summed E-state index contributed by atoms with van der Waals surface area (Å²) in [7, 11) is 0. The maximum Gasteiger partial charge on any atom is 0.260 e. The molecule has 0 fully saturated rings. The summed E-state index contributed by atoms with van der Waals surface area (Å²) in [6, 6.07) is 12.1. The van der Waals surface area contributed by atoms with Crippen molar-refractivity contribution in [1.29, 1.82) is 0 Å². The number of aryl methyl sites for hydroxylation is 2. The summed E-state index contributed by atoms with van der Waals surface area (Å²) in [4.78, 5) is 12.4. The van der Waals surface area contributed by atoms with Crippen LogP contribution in [0, 0.1) is 20.8 Å². The van der Waals surface area contributed by atoms with Crippen LogP contribution < -0.4 is 14.8 Å². The Hall–Kier alpha value is -2.49. The van der Waals surface area contributed by atoms with Crippen LogP contribution in [0.1, 0.15) is 48.9 Å². The van der Waals surface area contributed by atoms with Crippen LogP contribution in [0.25, 0.3) is 0 Å². The minimum absolute atomic E-state index is 0.143. The SMILES string of the molecule is Cc1ccc(C(C)C)c(OC(C)C(=O)NCCOc2cccc(C)c2C)c1. The van der Waals surface area contributed by atoms with Crippen LogP contribution in [-0.4, -0.2) is 25.2 Å². The van der Waals surface area contributed by atoms with Gasteiger partial charge in [-0.25, -0.2) is 0 Å². The number of carbonyl (C=O) groups is 1. The van der Waals surface area contributed by atoms with Crippen LogP contribution in [0.15, 0.2) is 36.4 Å². The Morgan fingerprint density at radius 1 is 1.04 bits per heavy atom. The molecule has 1 amide bonds. The van der Waals surface area contributed by atoms with E-state index in [1.54, 1.807) is 6.92 Å². The number of hydrogen-bond donors (Lipinski definition) is 1. The molecule has 0 radical (unpaired) electrons. The van der Waals surface area contributed by atoms with E-state index in [0.717, 1.165) is 28.2 Å². The van der Waals surface area contributed by atoms with Gasteiger partial charge in [-0.2, -0.15) is 0 Å². The second-order valence-electron chi connectivity index (χ2n) is 7.29. The normalized spacial score (nSPS) is 12.0. The van der Waals surface area contributed by atoms with Crippen LogP contribution in [-0.2, 0) is 4.79 Å². The molecule has 4 nitrogen and oxygen atoms in total. The van der Waals surface area contributed by atoms with Gasteiger partial charge in [-0.15, -0.1) is 0 Å². The summed E-state index contributed by atoms with van der Waals surface area (Å²) in [6.45, 7) is 13.0. The van der Waals surface area contributed by atoms with E-state index in [9.17, 15) is 4.79 Å². The zero-order chi connectivity index (χ0) is 20.0. The third-order valence-corrected chi connectivity index (χ3v) is 4.68. The van der Waals surface area contributed by atoms with E-state index < -0.39 is 6.10 Å². The first kappa shape index (κ1) is 20.8. The lowest BCUT2D eigenvalue weighted by atomic mass is 10.0. The van der Waals surface area contributed by atoms with E-state index in [1.807, 2.05) is 32.0 Å². The molecule has 4 heteroatoms. The van der Waals surface area contributed by atoms with E-state index in [1.165, 1.54) is 5.56 Å². The molecule has 2 rings (SSSR count). The first-order chi connectivity index (χ1) is 12.8. The Kier molecular flexibility index (Phi) is 7.28. The molecule has 0 saturated heterocycles. The van der Waals surface area contributed by atoms with E-state index in [0.29, 0.717) is 19.1 Å². The third kappa shape index (κ3) is 5.75. The molecule has 2 aromatic carbocycles. The van der Waals surface area contributed by atoms with Crippen molar-refractivity contribution in [2.24, 2.45) is 0 Å². The average Bonchev–Trinajstić information content (AvgIpc) is 2.61. The molecule has 146 valence electrons. The van der Waals surface area contributed by atoms with Gasteiger partial charge in [0.2, 0.25) is 0 Å². The summed E-state index contributed by atoms with van der Waals surface area (Å²) in [6.07, 6.45) is -0.565. The molecular formula is C23H31NO3. The maximum absolute atomic E-state index is 12.4. The predicted octanol–water partition coefficient (Wildman–Crippen LogP) is 4.70. The molecule has 0 spiro atoms. The van der Waals surface area contributed by atoms with Gasteiger partial charge in [0.15, 0.2) is 6.10 Å². The number of ether oxygens (including phenoxy) is 2. The standard InChI is InChI=1S/C23H31NO3/c1-15(2)20-11-10-16(3)14-22(20)27-19(6)23(25)24-12-13-26-21-9-7-8-17(4)18(21)5/h7-11,14-15,19H,12-13H2,1-6H3,(H,24,25). The van der Waals surface area contributed by atoms with Gasteiger partial charge >= 0.3 is 0 Å². The maximum atomic E-state index is 12.4. The predicted molar refractivity (Wildman–Crippen MR) is 110 cm³/mol. The van der Waals surface area contributed by atoms with Crippen molar-refractivity contribution in [2.75, 3.05) is 13.2 Å². The minimum Gasteiger partial charge on any atom is -0.491 e. The van der Waals surface area contributed by atoms with Crippen LogP contribution in [0.4, 0.5) is 0 Å². The highest BCUT2D eigenvalue weighted by Gasteiger charge is 2.17. The van der Waals surface area contributed by atoms with Gasteiger partial charge in [-0.3, -0.25) is 4.79 Å². The number of hydrogen-bond acceptors (Lipinski definition) is 3. The molecule has 2 aromatic rings. The summed E-state index contributed by atoms with van der Waals surface area (Å²) >= 11 is 0. The van der Waals surface area contributed by atoms with Gasteiger partial charge in [0.05, 0.1) is 6.54 Å². The zero-order valence-electron chi connectivity index (χ0n) is 17.3. The molecule has 1 atom stereocenters. The van der Waals surface area contributed by atoms with E-state index >= 15 is 0 Å². The van der Waals surface area contributed by atoms with Crippen LogP contribution in [0.3, 0.4) is 0 Å². The van der Waals surface area contributed by atoms with Crippen LogP contribution in [0.5, 0.6) is 11.5 Å². The average molecular weight is 370 g/mol. The van der Waals surface area contributed by atoms with Gasteiger partial charge in [-0.05, 0) is 68.0 Å². The number of rotatable bonds is 8. The van der Waals surface area contributed by atoms with Gasteiger partial charge in [-0.1, -0.05) is 38.1 Å². The molecule has 0 heterocycles. The Labute approximate surface area is 162 Å². The number of nitrogens with one attached hydrogen (secondary N) is 1. The molecule has 27 heavy (non-hydrogen) atoms. The lowest BCUT2D eigenvalue weighted by Gasteiger charge is -2.19. The molecule has 1 N–H and O–H groups in total. The Morgan fingerprint density at radius 3 is 2.48 bits per heavy atom. The third-order valence-electron chi connectivity index (χ3n) is 4.68. The van der Waals surface area contributed by atoms with Gasteiger partial charge in [0.1, 0.15) is 18.1 Å².